The summed E-state index contributed by atoms with van der Waals surface area (Å²) in [6.07, 6.45) is -0.821. The van der Waals surface area contributed by atoms with Gasteiger partial charge in [-0.25, -0.2) is 4.98 Å². The summed E-state index contributed by atoms with van der Waals surface area (Å²) in [5.74, 6) is -0.608. The zero-order chi connectivity index (χ0) is 35.5. The van der Waals surface area contributed by atoms with Gasteiger partial charge in [-0.1, -0.05) is 20.8 Å². The van der Waals surface area contributed by atoms with Crippen molar-refractivity contribution in [2.45, 2.75) is 59.7 Å². The molecule has 0 atom stereocenters. The quantitative estimate of drug-likeness (QED) is 0.295. The summed E-state index contributed by atoms with van der Waals surface area (Å²) in [6.45, 7) is 9.59. The molecule has 16 heteroatoms. The topological polar surface area (TPSA) is 141 Å². The SMILES string of the molecule is CC.CCc1c(N2CCN(C(=O)c3ncccc3O)CC2)c(=O)n2nc(N3CCCC3)nc2n1CC(=O)Nc1ccc(C(F)(F)F)cc1C. The first-order valence-electron chi connectivity index (χ1n) is 16.4. The molecular formula is C33H40F3N9O4. The van der Waals surface area contributed by atoms with Crippen molar-refractivity contribution < 1.29 is 27.9 Å². The molecule has 2 aliphatic heterocycles. The Hall–Kier alpha value is -5.15. The first-order valence-corrected chi connectivity index (χ1v) is 16.4. The standard InChI is InChI=1S/C31H34F3N9O4.C2H6/c1-3-22-26(39-13-15-40(16-14-39)27(46)25-23(44)7-6-10-35-25)28(47)43-30(37-29(38-43)41-11-4-5-12-41)42(22)18-24(45)36-21-9-8-20(17-19(21)2)31(32,33)34;1-2/h6-10,17,44H,3-5,11-16,18H2,1-2H3,(H,36,45);1-2H3. The molecule has 262 valence electrons. The van der Waals surface area contributed by atoms with Crippen molar-refractivity contribution >= 4 is 34.9 Å². The van der Waals surface area contributed by atoms with Crippen LogP contribution in [0.4, 0.5) is 30.5 Å². The lowest BCUT2D eigenvalue weighted by Crippen LogP contribution is -2.51. The second kappa shape index (κ2) is 14.5. The second-order valence-corrected chi connectivity index (χ2v) is 11.6. The molecule has 1 aromatic carbocycles. The first kappa shape index (κ1) is 35.2. The Bertz CT molecular complexity index is 1890. The average Bonchev–Trinajstić information content (AvgIpc) is 3.79. The molecule has 4 aromatic rings. The number of hydrogen-bond acceptors (Lipinski definition) is 9. The number of alkyl halides is 3. The van der Waals surface area contributed by atoms with Crippen LogP contribution in [-0.2, 0) is 23.9 Å². The van der Waals surface area contributed by atoms with Crippen LogP contribution in [0.5, 0.6) is 5.75 Å². The number of aromatic hydroxyl groups is 1. The van der Waals surface area contributed by atoms with Crippen LogP contribution in [0, 0.1) is 6.92 Å². The van der Waals surface area contributed by atoms with Crippen LogP contribution in [0.25, 0.3) is 5.78 Å². The molecule has 0 unspecified atom stereocenters. The number of aromatic nitrogens is 5. The molecule has 2 saturated heterocycles. The number of amides is 2. The number of aryl methyl sites for hydroxylation is 1. The van der Waals surface area contributed by atoms with Crippen LogP contribution < -0.4 is 20.7 Å². The Morgan fingerprint density at radius 3 is 2.31 bits per heavy atom. The van der Waals surface area contributed by atoms with Gasteiger partial charge in [0.1, 0.15) is 18.0 Å². The second-order valence-electron chi connectivity index (χ2n) is 11.6. The molecule has 2 fully saturated rings. The lowest BCUT2D eigenvalue weighted by atomic mass is 10.1. The lowest BCUT2D eigenvalue weighted by molar-refractivity contribution is -0.137. The smallest absolute Gasteiger partial charge is 0.416 e. The van der Waals surface area contributed by atoms with Crippen molar-refractivity contribution in [2.24, 2.45) is 0 Å². The van der Waals surface area contributed by atoms with E-state index in [2.05, 4.69) is 20.4 Å². The number of carbonyl (C=O) groups is 2. The van der Waals surface area contributed by atoms with Gasteiger partial charge in [0.25, 0.3) is 11.5 Å². The van der Waals surface area contributed by atoms with Gasteiger partial charge in [0.05, 0.1) is 11.3 Å². The monoisotopic (exact) mass is 683 g/mol. The summed E-state index contributed by atoms with van der Waals surface area (Å²) >= 11 is 0. The van der Waals surface area contributed by atoms with Gasteiger partial charge < -0.3 is 29.7 Å². The van der Waals surface area contributed by atoms with Crippen LogP contribution >= 0.6 is 0 Å². The van der Waals surface area contributed by atoms with Gasteiger partial charge in [0, 0.05) is 51.2 Å². The van der Waals surface area contributed by atoms with Gasteiger partial charge in [-0.05, 0) is 62.1 Å². The number of anilines is 3. The molecule has 49 heavy (non-hydrogen) atoms. The predicted molar refractivity (Wildman–Crippen MR) is 178 cm³/mol. The van der Waals surface area contributed by atoms with Gasteiger partial charge in [0.15, 0.2) is 5.69 Å². The number of hydrogen-bond donors (Lipinski definition) is 2. The molecule has 2 amide bonds. The fourth-order valence-electron chi connectivity index (χ4n) is 6.13. The highest BCUT2D eigenvalue weighted by atomic mass is 19.4. The van der Waals surface area contributed by atoms with E-state index in [4.69, 9.17) is 0 Å². The minimum absolute atomic E-state index is 0.0506. The Kier molecular flexibility index (Phi) is 10.4. The Morgan fingerprint density at radius 1 is 1.00 bits per heavy atom. The number of nitrogens with zero attached hydrogens (tertiary/aromatic N) is 8. The number of fused-ring (bicyclic) bond motifs is 1. The fraction of sp³-hybridized carbons (Fsp3) is 0.455. The molecule has 0 bridgehead atoms. The maximum atomic E-state index is 14.1. The molecule has 2 N–H and O–H groups in total. The van der Waals surface area contributed by atoms with E-state index in [0.29, 0.717) is 23.8 Å². The Morgan fingerprint density at radius 2 is 1.69 bits per heavy atom. The third kappa shape index (κ3) is 7.17. The zero-order valence-electron chi connectivity index (χ0n) is 27.9. The summed E-state index contributed by atoms with van der Waals surface area (Å²) in [7, 11) is 0. The summed E-state index contributed by atoms with van der Waals surface area (Å²) in [6, 6.07) is 6.03. The Balaban J connectivity index is 0.00000230. The number of halogens is 3. The lowest BCUT2D eigenvalue weighted by Gasteiger charge is -2.36. The number of pyridine rings is 1. The van der Waals surface area contributed by atoms with E-state index in [1.165, 1.54) is 35.8 Å². The summed E-state index contributed by atoms with van der Waals surface area (Å²) in [5.41, 5.74) is 0.0627. The highest BCUT2D eigenvalue weighted by Crippen LogP contribution is 2.32. The van der Waals surface area contributed by atoms with Crippen molar-refractivity contribution in [3.63, 3.8) is 0 Å². The van der Waals surface area contributed by atoms with Crippen molar-refractivity contribution in [3.8, 4) is 5.75 Å². The van der Waals surface area contributed by atoms with Crippen molar-refractivity contribution in [1.29, 1.82) is 0 Å². The van der Waals surface area contributed by atoms with Crippen molar-refractivity contribution in [1.82, 2.24) is 29.0 Å². The van der Waals surface area contributed by atoms with Gasteiger partial charge >= 0.3 is 6.18 Å². The molecule has 0 spiro atoms. The van der Waals surface area contributed by atoms with Crippen LogP contribution in [0.15, 0.2) is 41.3 Å². The van der Waals surface area contributed by atoms with Crippen LogP contribution in [0.3, 0.4) is 0 Å². The highest BCUT2D eigenvalue weighted by Gasteiger charge is 2.32. The number of benzene rings is 1. The van der Waals surface area contributed by atoms with E-state index in [1.807, 2.05) is 30.6 Å². The normalized spacial score (nSPS) is 15.0. The molecule has 0 saturated carbocycles. The molecular weight excluding hydrogens is 643 g/mol. The molecule has 5 heterocycles. The summed E-state index contributed by atoms with van der Waals surface area (Å²) in [4.78, 5) is 54.7. The van der Waals surface area contributed by atoms with E-state index in [1.54, 1.807) is 9.47 Å². The van der Waals surface area contributed by atoms with Crippen LogP contribution in [-0.4, -0.2) is 85.2 Å². The Labute approximate surface area is 281 Å². The van der Waals surface area contributed by atoms with E-state index >= 15 is 0 Å². The number of carbonyl (C=O) groups excluding carboxylic acids is 2. The minimum atomic E-state index is -4.51. The van der Waals surface area contributed by atoms with Gasteiger partial charge in [0.2, 0.25) is 17.6 Å². The summed E-state index contributed by atoms with van der Waals surface area (Å²) in [5, 5.41) is 17.4. The predicted octanol–water partition coefficient (Wildman–Crippen LogP) is 4.11. The maximum absolute atomic E-state index is 14.1. The molecule has 3 aromatic heterocycles. The van der Waals surface area contributed by atoms with Gasteiger partial charge in [-0.15, -0.1) is 5.10 Å². The largest absolute Gasteiger partial charge is 0.505 e. The fourth-order valence-corrected chi connectivity index (χ4v) is 6.13. The summed E-state index contributed by atoms with van der Waals surface area (Å²) < 4.78 is 42.4. The molecule has 2 aliphatic rings. The number of rotatable bonds is 7. The number of nitrogens with one attached hydrogen (secondary N) is 1. The average molecular weight is 684 g/mol. The molecule has 6 rings (SSSR count). The molecule has 0 aliphatic carbocycles. The third-order valence-electron chi connectivity index (χ3n) is 8.54. The van der Waals surface area contributed by atoms with Gasteiger partial charge in [-0.3, -0.25) is 14.4 Å². The number of piperazine rings is 1. The highest BCUT2D eigenvalue weighted by molar-refractivity contribution is 5.95. The van der Waals surface area contributed by atoms with Crippen molar-refractivity contribution in [2.75, 3.05) is 54.4 Å². The van der Waals surface area contributed by atoms with E-state index in [-0.39, 0.29) is 61.2 Å². The maximum Gasteiger partial charge on any atom is 0.416 e. The van der Waals surface area contributed by atoms with Gasteiger partial charge in [-0.2, -0.15) is 22.7 Å². The minimum Gasteiger partial charge on any atom is -0.505 e. The van der Waals surface area contributed by atoms with E-state index in [9.17, 15) is 32.7 Å². The molecule has 0 radical (unpaired) electrons. The first-order chi connectivity index (χ1) is 23.5. The molecule has 13 nitrogen and oxygen atoms in total. The third-order valence-corrected chi connectivity index (χ3v) is 8.54. The van der Waals surface area contributed by atoms with E-state index < -0.39 is 29.1 Å². The van der Waals surface area contributed by atoms with Crippen molar-refractivity contribution in [3.05, 3.63) is 69.4 Å². The van der Waals surface area contributed by atoms with Crippen LogP contribution in [0.2, 0.25) is 0 Å². The van der Waals surface area contributed by atoms with E-state index in [0.717, 1.165) is 38.1 Å². The zero-order valence-corrected chi connectivity index (χ0v) is 27.9. The van der Waals surface area contributed by atoms with Crippen LogP contribution in [0.1, 0.15) is 60.9 Å².